The summed E-state index contributed by atoms with van der Waals surface area (Å²) in [5.74, 6) is 0. The van der Waals surface area contributed by atoms with Gasteiger partial charge in [-0.15, -0.1) is 0 Å². The lowest BCUT2D eigenvalue weighted by Gasteiger charge is -2.10. The second-order valence-corrected chi connectivity index (χ2v) is 7.88. The van der Waals surface area contributed by atoms with E-state index in [0.717, 1.165) is 33.8 Å². The summed E-state index contributed by atoms with van der Waals surface area (Å²) >= 11 is 12.4. The van der Waals surface area contributed by atoms with Gasteiger partial charge < -0.3 is 0 Å². The Kier molecular flexibility index (Phi) is 5.01. The molecule has 0 aliphatic rings. The SMILES string of the molecule is Cc1ccc(-c2nn(-c3ccc(Cl)c(Cl)c3)c(-c3ccc(C)cc3)c2C)cc1. The Hall–Kier alpha value is -2.55. The molecule has 4 rings (SSSR count). The first-order valence-electron chi connectivity index (χ1n) is 9.13. The minimum Gasteiger partial charge on any atom is -0.232 e. The highest BCUT2D eigenvalue weighted by atomic mass is 35.5. The third-order valence-electron chi connectivity index (χ3n) is 4.92. The highest BCUT2D eigenvalue weighted by molar-refractivity contribution is 6.42. The monoisotopic (exact) mass is 406 g/mol. The van der Waals surface area contributed by atoms with Gasteiger partial charge in [-0.1, -0.05) is 82.9 Å². The summed E-state index contributed by atoms with van der Waals surface area (Å²) in [7, 11) is 0. The molecule has 0 aliphatic heterocycles. The zero-order valence-corrected chi connectivity index (χ0v) is 17.5. The molecule has 0 fully saturated rings. The van der Waals surface area contributed by atoms with Crippen molar-refractivity contribution in [1.29, 1.82) is 0 Å². The van der Waals surface area contributed by atoms with E-state index in [1.165, 1.54) is 11.1 Å². The van der Waals surface area contributed by atoms with E-state index >= 15 is 0 Å². The van der Waals surface area contributed by atoms with Crippen molar-refractivity contribution in [1.82, 2.24) is 9.78 Å². The summed E-state index contributed by atoms with van der Waals surface area (Å²) in [5, 5.41) is 6.01. The lowest BCUT2D eigenvalue weighted by Crippen LogP contribution is -2.00. The van der Waals surface area contributed by atoms with Crippen LogP contribution in [0.2, 0.25) is 10.0 Å². The molecule has 4 heteroatoms. The summed E-state index contributed by atoms with van der Waals surface area (Å²) in [5.41, 5.74) is 8.67. The normalized spacial score (nSPS) is 11.0. The molecule has 1 aromatic heterocycles. The van der Waals surface area contributed by atoms with Gasteiger partial charge in [-0.05, 0) is 39.0 Å². The van der Waals surface area contributed by atoms with Crippen molar-refractivity contribution in [3.63, 3.8) is 0 Å². The van der Waals surface area contributed by atoms with Crippen LogP contribution in [0, 0.1) is 20.8 Å². The van der Waals surface area contributed by atoms with Crippen LogP contribution >= 0.6 is 23.2 Å². The van der Waals surface area contributed by atoms with Crippen molar-refractivity contribution in [2.75, 3.05) is 0 Å². The number of hydrogen-bond donors (Lipinski definition) is 0. The number of benzene rings is 3. The van der Waals surface area contributed by atoms with Gasteiger partial charge in [-0.25, -0.2) is 4.68 Å². The van der Waals surface area contributed by atoms with Crippen molar-refractivity contribution < 1.29 is 0 Å². The second-order valence-electron chi connectivity index (χ2n) is 7.06. The number of halogens is 2. The highest BCUT2D eigenvalue weighted by Crippen LogP contribution is 2.35. The summed E-state index contributed by atoms with van der Waals surface area (Å²) < 4.78 is 1.96. The molecule has 0 aliphatic carbocycles. The summed E-state index contributed by atoms with van der Waals surface area (Å²) in [6.45, 7) is 6.29. The van der Waals surface area contributed by atoms with Crippen LogP contribution in [0.5, 0.6) is 0 Å². The smallest absolute Gasteiger partial charge is 0.0963 e. The summed E-state index contributed by atoms with van der Waals surface area (Å²) in [4.78, 5) is 0. The third kappa shape index (κ3) is 3.46. The Morgan fingerprint density at radius 2 is 1.25 bits per heavy atom. The lowest BCUT2D eigenvalue weighted by atomic mass is 10.0. The minimum absolute atomic E-state index is 0.513. The summed E-state index contributed by atoms with van der Waals surface area (Å²) in [6, 6.07) is 22.5. The first kappa shape index (κ1) is 18.8. The fourth-order valence-electron chi connectivity index (χ4n) is 3.34. The van der Waals surface area contributed by atoms with Crippen LogP contribution in [0.1, 0.15) is 16.7 Å². The molecule has 28 heavy (non-hydrogen) atoms. The van der Waals surface area contributed by atoms with Crippen molar-refractivity contribution in [2.24, 2.45) is 0 Å². The van der Waals surface area contributed by atoms with Crippen LogP contribution in [0.3, 0.4) is 0 Å². The van der Waals surface area contributed by atoms with Crippen LogP contribution in [-0.2, 0) is 0 Å². The average Bonchev–Trinajstić information content (AvgIpc) is 3.02. The zero-order chi connectivity index (χ0) is 19.8. The van der Waals surface area contributed by atoms with Crippen LogP contribution in [0.25, 0.3) is 28.2 Å². The number of hydrogen-bond acceptors (Lipinski definition) is 1. The predicted molar refractivity (Wildman–Crippen MR) is 119 cm³/mol. The van der Waals surface area contributed by atoms with Crippen LogP contribution in [-0.4, -0.2) is 9.78 Å². The number of aryl methyl sites for hydroxylation is 2. The standard InChI is InChI=1S/C24H20Cl2N2/c1-15-4-8-18(9-5-15)23-17(3)24(19-10-6-16(2)7-11-19)28(27-23)20-12-13-21(25)22(26)14-20/h4-14H,1-3H3. The Morgan fingerprint density at radius 1 is 0.679 bits per heavy atom. The molecule has 4 aromatic rings. The molecule has 0 unspecified atom stereocenters. The molecular formula is C24H20Cl2N2. The molecule has 0 saturated heterocycles. The molecule has 3 aromatic carbocycles. The maximum absolute atomic E-state index is 6.29. The van der Waals surface area contributed by atoms with Gasteiger partial charge in [0.05, 0.1) is 27.1 Å². The minimum atomic E-state index is 0.513. The van der Waals surface area contributed by atoms with E-state index in [1.54, 1.807) is 6.07 Å². The maximum Gasteiger partial charge on any atom is 0.0963 e. The molecule has 0 spiro atoms. The zero-order valence-electron chi connectivity index (χ0n) is 16.0. The molecule has 2 nitrogen and oxygen atoms in total. The van der Waals surface area contributed by atoms with Crippen molar-refractivity contribution in [3.05, 3.63) is 93.5 Å². The first-order chi connectivity index (χ1) is 13.4. The Labute approximate surface area is 175 Å². The first-order valence-corrected chi connectivity index (χ1v) is 9.89. The molecule has 0 radical (unpaired) electrons. The van der Waals surface area contributed by atoms with E-state index in [9.17, 15) is 0 Å². The van der Waals surface area contributed by atoms with Gasteiger partial charge in [0.1, 0.15) is 0 Å². The fraction of sp³-hybridized carbons (Fsp3) is 0.125. The Bertz CT molecular complexity index is 1140. The van der Waals surface area contributed by atoms with Gasteiger partial charge >= 0.3 is 0 Å². The van der Waals surface area contributed by atoms with E-state index in [2.05, 4.69) is 69.3 Å². The maximum atomic E-state index is 6.29. The number of aromatic nitrogens is 2. The van der Waals surface area contributed by atoms with Gasteiger partial charge in [0, 0.05) is 16.7 Å². The number of nitrogens with zero attached hydrogens (tertiary/aromatic N) is 2. The van der Waals surface area contributed by atoms with E-state index in [4.69, 9.17) is 28.3 Å². The van der Waals surface area contributed by atoms with E-state index in [0.29, 0.717) is 10.0 Å². The van der Waals surface area contributed by atoms with Gasteiger partial charge in [-0.3, -0.25) is 0 Å². The summed E-state index contributed by atoms with van der Waals surface area (Å²) in [6.07, 6.45) is 0. The molecule has 0 bridgehead atoms. The van der Waals surface area contributed by atoms with Gasteiger partial charge in [0.25, 0.3) is 0 Å². The van der Waals surface area contributed by atoms with Crippen molar-refractivity contribution in [3.8, 4) is 28.2 Å². The Balaban J connectivity index is 1.97. The molecule has 0 N–H and O–H groups in total. The molecule has 0 amide bonds. The van der Waals surface area contributed by atoms with Crippen LogP contribution in [0.4, 0.5) is 0 Å². The van der Waals surface area contributed by atoms with E-state index in [1.807, 2.05) is 16.8 Å². The van der Waals surface area contributed by atoms with Gasteiger partial charge in [0.2, 0.25) is 0 Å². The molecule has 0 saturated carbocycles. The van der Waals surface area contributed by atoms with Gasteiger partial charge in [0.15, 0.2) is 0 Å². The van der Waals surface area contributed by atoms with E-state index in [-0.39, 0.29) is 0 Å². The third-order valence-corrected chi connectivity index (χ3v) is 5.66. The molecular weight excluding hydrogens is 387 g/mol. The fourth-order valence-corrected chi connectivity index (χ4v) is 3.63. The largest absolute Gasteiger partial charge is 0.232 e. The van der Waals surface area contributed by atoms with E-state index < -0.39 is 0 Å². The topological polar surface area (TPSA) is 17.8 Å². The predicted octanol–water partition coefficient (Wildman–Crippen LogP) is 7.44. The van der Waals surface area contributed by atoms with Crippen molar-refractivity contribution >= 4 is 23.2 Å². The molecule has 0 atom stereocenters. The molecule has 140 valence electrons. The second kappa shape index (κ2) is 7.46. The van der Waals surface area contributed by atoms with Crippen molar-refractivity contribution in [2.45, 2.75) is 20.8 Å². The molecule has 1 heterocycles. The average molecular weight is 407 g/mol. The van der Waals surface area contributed by atoms with Gasteiger partial charge in [-0.2, -0.15) is 5.10 Å². The Morgan fingerprint density at radius 3 is 1.82 bits per heavy atom. The quantitative estimate of drug-likeness (QED) is 0.345. The lowest BCUT2D eigenvalue weighted by molar-refractivity contribution is 0.891. The van der Waals surface area contributed by atoms with Crippen LogP contribution in [0.15, 0.2) is 66.7 Å². The highest BCUT2D eigenvalue weighted by Gasteiger charge is 2.19. The van der Waals surface area contributed by atoms with Crippen LogP contribution < -0.4 is 0 Å². The number of rotatable bonds is 3.